The summed E-state index contributed by atoms with van der Waals surface area (Å²) in [6, 6.07) is 1.33. The molecule has 0 aromatic carbocycles. The van der Waals surface area contributed by atoms with Gasteiger partial charge in [-0.3, -0.25) is 4.90 Å². The fourth-order valence-corrected chi connectivity index (χ4v) is 4.09. The Morgan fingerprint density at radius 1 is 1.05 bits per heavy atom. The van der Waals surface area contributed by atoms with Crippen LogP contribution in [0.1, 0.15) is 46.0 Å². The summed E-state index contributed by atoms with van der Waals surface area (Å²) < 4.78 is 0. The molecule has 2 saturated carbocycles. The lowest BCUT2D eigenvalue weighted by Gasteiger charge is -2.45. The Hall–Kier alpha value is -0.120. The Bertz CT molecular complexity index is 303. The molecule has 3 aliphatic rings. The zero-order chi connectivity index (χ0) is 13.5. The summed E-state index contributed by atoms with van der Waals surface area (Å²) in [6.07, 6.45) is 6.91. The van der Waals surface area contributed by atoms with Gasteiger partial charge in [-0.25, -0.2) is 0 Å². The van der Waals surface area contributed by atoms with Crippen molar-refractivity contribution < 1.29 is 0 Å². The Morgan fingerprint density at radius 3 is 2.37 bits per heavy atom. The van der Waals surface area contributed by atoms with E-state index in [4.69, 9.17) is 5.73 Å². The lowest BCUT2D eigenvalue weighted by atomic mass is 9.68. The van der Waals surface area contributed by atoms with Crippen molar-refractivity contribution in [2.75, 3.05) is 32.7 Å². The zero-order valence-electron chi connectivity index (χ0n) is 12.8. The standard InChI is InChI=1S/C16H31N3/c1-16(2)7-3-4-13(15(16)17)12-18-8-10-19(11-9-18)14-5-6-14/h13-15H,3-12,17H2,1-2H3. The van der Waals surface area contributed by atoms with E-state index in [1.807, 2.05) is 0 Å². The molecule has 1 saturated heterocycles. The third kappa shape index (κ3) is 3.14. The molecular formula is C16H31N3. The fourth-order valence-electron chi connectivity index (χ4n) is 4.09. The summed E-state index contributed by atoms with van der Waals surface area (Å²) in [6.45, 7) is 11.1. The topological polar surface area (TPSA) is 32.5 Å². The van der Waals surface area contributed by atoms with Gasteiger partial charge in [0.2, 0.25) is 0 Å². The van der Waals surface area contributed by atoms with Crippen LogP contribution in [0, 0.1) is 11.3 Å². The maximum absolute atomic E-state index is 6.52. The van der Waals surface area contributed by atoms with Crippen LogP contribution in [0.2, 0.25) is 0 Å². The summed E-state index contributed by atoms with van der Waals surface area (Å²) in [7, 11) is 0. The van der Waals surface area contributed by atoms with E-state index in [0.29, 0.717) is 11.5 Å². The van der Waals surface area contributed by atoms with Gasteiger partial charge < -0.3 is 10.6 Å². The van der Waals surface area contributed by atoms with Crippen LogP contribution in [0.5, 0.6) is 0 Å². The molecule has 2 aliphatic carbocycles. The number of piperazine rings is 1. The zero-order valence-corrected chi connectivity index (χ0v) is 12.8. The van der Waals surface area contributed by atoms with E-state index in [2.05, 4.69) is 23.6 Å². The minimum absolute atomic E-state index is 0.346. The van der Waals surface area contributed by atoms with Gasteiger partial charge >= 0.3 is 0 Å². The van der Waals surface area contributed by atoms with Crippen molar-refractivity contribution in [3.05, 3.63) is 0 Å². The second-order valence-electron chi connectivity index (χ2n) is 7.73. The van der Waals surface area contributed by atoms with Gasteiger partial charge in [0.1, 0.15) is 0 Å². The summed E-state index contributed by atoms with van der Waals surface area (Å²) in [5.41, 5.74) is 6.87. The Labute approximate surface area is 118 Å². The molecule has 0 aromatic rings. The van der Waals surface area contributed by atoms with E-state index in [1.54, 1.807) is 0 Å². The highest BCUT2D eigenvalue weighted by atomic mass is 15.3. The van der Waals surface area contributed by atoms with Crippen LogP contribution in [0.3, 0.4) is 0 Å². The molecule has 110 valence electrons. The summed E-state index contributed by atoms with van der Waals surface area (Å²) in [5, 5.41) is 0. The van der Waals surface area contributed by atoms with E-state index < -0.39 is 0 Å². The number of nitrogens with two attached hydrogens (primary N) is 1. The first-order valence-corrected chi connectivity index (χ1v) is 8.28. The van der Waals surface area contributed by atoms with Crippen LogP contribution in [0.4, 0.5) is 0 Å². The van der Waals surface area contributed by atoms with Crippen LogP contribution in [0.25, 0.3) is 0 Å². The number of nitrogens with zero attached hydrogens (tertiary/aromatic N) is 2. The van der Waals surface area contributed by atoms with Crippen LogP contribution in [-0.4, -0.2) is 54.6 Å². The molecule has 19 heavy (non-hydrogen) atoms. The normalized spacial score (nSPS) is 37.4. The van der Waals surface area contributed by atoms with Crippen molar-refractivity contribution in [3.8, 4) is 0 Å². The first-order valence-electron chi connectivity index (χ1n) is 8.28. The number of rotatable bonds is 3. The second-order valence-corrected chi connectivity index (χ2v) is 7.73. The van der Waals surface area contributed by atoms with E-state index in [9.17, 15) is 0 Å². The van der Waals surface area contributed by atoms with E-state index in [0.717, 1.165) is 12.0 Å². The summed E-state index contributed by atoms with van der Waals surface area (Å²) >= 11 is 0. The fraction of sp³-hybridized carbons (Fsp3) is 1.00. The molecule has 2 N–H and O–H groups in total. The molecule has 1 aliphatic heterocycles. The highest BCUT2D eigenvalue weighted by Gasteiger charge is 2.38. The monoisotopic (exact) mass is 265 g/mol. The molecular weight excluding hydrogens is 234 g/mol. The maximum atomic E-state index is 6.52. The number of hydrogen-bond donors (Lipinski definition) is 1. The van der Waals surface area contributed by atoms with Crippen molar-refractivity contribution in [1.82, 2.24) is 9.80 Å². The van der Waals surface area contributed by atoms with Gasteiger partial charge in [0.15, 0.2) is 0 Å². The molecule has 1 heterocycles. The van der Waals surface area contributed by atoms with E-state index in [-0.39, 0.29) is 0 Å². The van der Waals surface area contributed by atoms with E-state index >= 15 is 0 Å². The third-order valence-corrected chi connectivity index (χ3v) is 5.77. The Morgan fingerprint density at radius 2 is 1.74 bits per heavy atom. The quantitative estimate of drug-likeness (QED) is 0.846. The molecule has 3 rings (SSSR count). The maximum Gasteiger partial charge on any atom is 0.0131 e. The lowest BCUT2D eigenvalue weighted by molar-refractivity contribution is 0.0699. The van der Waals surface area contributed by atoms with Gasteiger partial charge in [0, 0.05) is 44.8 Å². The van der Waals surface area contributed by atoms with Crippen LogP contribution in [-0.2, 0) is 0 Å². The molecule has 3 nitrogen and oxygen atoms in total. The molecule has 0 bridgehead atoms. The van der Waals surface area contributed by atoms with Crippen LogP contribution in [0.15, 0.2) is 0 Å². The van der Waals surface area contributed by atoms with E-state index in [1.165, 1.54) is 64.8 Å². The van der Waals surface area contributed by atoms with Crippen molar-refractivity contribution in [1.29, 1.82) is 0 Å². The van der Waals surface area contributed by atoms with Crippen molar-refractivity contribution >= 4 is 0 Å². The van der Waals surface area contributed by atoms with Crippen LogP contribution < -0.4 is 5.73 Å². The highest BCUT2D eigenvalue weighted by molar-refractivity contribution is 4.93. The van der Waals surface area contributed by atoms with Gasteiger partial charge in [-0.2, -0.15) is 0 Å². The molecule has 3 heteroatoms. The summed E-state index contributed by atoms with van der Waals surface area (Å²) in [5.74, 6) is 0.719. The van der Waals surface area contributed by atoms with Gasteiger partial charge in [-0.05, 0) is 37.0 Å². The van der Waals surface area contributed by atoms with Gasteiger partial charge in [0.25, 0.3) is 0 Å². The average molecular weight is 265 g/mol. The molecule has 2 unspecified atom stereocenters. The molecule has 0 aromatic heterocycles. The van der Waals surface area contributed by atoms with Crippen molar-refractivity contribution in [3.63, 3.8) is 0 Å². The molecule has 0 spiro atoms. The minimum atomic E-state index is 0.346. The predicted molar refractivity (Wildman–Crippen MR) is 80.1 cm³/mol. The minimum Gasteiger partial charge on any atom is -0.327 e. The SMILES string of the molecule is CC1(C)CCCC(CN2CCN(C3CC3)CC2)C1N. The van der Waals surface area contributed by atoms with Gasteiger partial charge in [-0.1, -0.05) is 20.3 Å². The number of hydrogen-bond acceptors (Lipinski definition) is 3. The lowest BCUT2D eigenvalue weighted by Crippen LogP contribution is -2.53. The largest absolute Gasteiger partial charge is 0.327 e. The summed E-state index contributed by atoms with van der Waals surface area (Å²) in [4.78, 5) is 5.37. The first-order chi connectivity index (χ1) is 9.06. The van der Waals surface area contributed by atoms with Crippen LogP contribution >= 0.6 is 0 Å². The first kappa shape index (κ1) is 13.8. The van der Waals surface area contributed by atoms with Crippen molar-refractivity contribution in [2.24, 2.45) is 17.1 Å². The van der Waals surface area contributed by atoms with Gasteiger partial charge in [0.05, 0.1) is 0 Å². The molecule has 0 radical (unpaired) electrons. The Balaban J connectivity index is 1.48. The van der Waals surface area contributed by atoms with Crippen molar-refractivity contribution in [2.45, 2.75) is 58.0 Å². The van der Waals surface area contributed by atoms with Gasteiger partial charge in [-0.15, -0.1) is 0 Å². The smallest absolute Gasteiger partial charge is 0.0131 e. The third-order valence-electron chi connectivity index (χ3n) is 5.77. The molecule has 0 amide bonds. The average Bonchev–Trinajstić information content (AvgIpc) is 3.20. The predicted octanol–water partition coefficient (Wildman–Crippen LogP) is 1.92. The molecule has 3 fully saturated rings. The second kappa shape index (κ2) is 5.34. The Kier molecular flexibility index (Phi) is 3.89. The molecule has 2 atom stereocenters. The highest BCUT2D eigenvalue weighted by Crippen LogP contribution is 2.38.